The molecule has 0 atom stereocenters. The average Bonchev–Trinajstić information content (AvgIpc) is 3.04. The maximum Gasteiger partial charge on any atom is 0.260 e. The SMILES string of the molecule is N#CCSc1nc2scc(-c3cccs3)c2c(=O)[nH]1. The van der Waals surface area contributed by atoms with E-state index in [1.165, 1.54) is 23.1 Å². The minimum absolute atomic E-state index is 0.143. The molecule has 0 spiro atoms. The Morgan fingerprint density at radius 3 is 3.11 bits per heavy atom. The highest BCUT2D eigenvalue weighted by Crippen LogP contribution is 2.33. The third kappa shape index (κ3) is 2.30. The molecule has 0 aliphatic carbocycles. The van der Waals surface area contributed by atoms with Crippen LogP contribution in [-0.2, 0) is 0 Å². The number of nitriles is 1. The zero-order valence-corrected chi connectivity index (χ0v) is 12.0. The third-order valence-electron chi connectivity index (χ3n) is 2.48. The largest absolute Gasteiger partial charge is 0.301 e. The number of thioether (sulfide) groups is 1. The Labute approximate surface area is 120 Å². The van der Waals surface area contributed by atoms with Gasteiger partial charge in [-0.1, -0.05) is 17.8 Å². The lowest BCUT2D eigenvalue weighted by Crippen LogP contribution is -2.08. The number of H-pyrrole nitrogens is 1. The molecular weight excluding hydrogens is 298 g/mol. The van der Waals surface area contributed by atoms with E-state index >= 15 is 0 Å². The summed E-state index contributed by atoms with van der Waals surface area (Å²) >= 11 is 4.29. The van der Waals surface area contributed by atoms with Crippen molar-refractivity contribution in [2.45, 2.75) is 5.16 Å². The first-order valence-electron chi connectivity index (χ1n) is 5.34. The van der Waals surface area contributed by atoms with Crippen LogP contribution >= 0.6 is 34.4 Å². The van der Waals surface area contributed by atoms with Gasteiger partial charge in [-0.05, 0) is 11.4 Å². The number of aromatic nitrogens is 2. The maximum absolute atomic E-state index is 12.2. The highest BCUT2D eigenvalue weighted by molar-refractivity contribution is 7.99. The first kappa shape index (κ1) is 12.4. The summed E-state index contributed by atoms with van der Waals surface area (Å²) in [6, 6.07) is 5.97. The van der Waals surface area contributed by atoms with Crippen LogP contribution in [-0.4, -0.2) is 15.7 Å². The maximum atomic E-state index is 12.2. The number of thiophene rings is 2. The van der Waals surface area contributed by atoms with Crippen molar-refractivity contribution in [3.63, 3.8) is 0 Å². The van der Waals surface area contributed by atoms with Crippen LogP contribution in [0.2, 0.25) is 0 Å². The molecule has 3 heterocycles. The lowest BCUT2D eigenvalue weighted by atomic mass is 10.2. The number of hydrogen-bond donors (Lipinski definition) is 1. The summed E-state index contributed by atoms with van der Waals surface area (Å²) in [4.78, 5) is 21.1. The Balaban J connectivity index is 2.15. The highest BCUT2D eigenvalue weighted by atomic mass is 32.2. The monoisotopic (exact) mass is 305 g/mol. The molecule has 0 aromatic carbocycles. The van der Waals surface area contributed by atoms with Crippen LogP contribution in [0.4, 0.5) is 0 Å². The molecule has 0 unspecified atom stereocenters. The van der Waals surface area contributed by atoms with E-state index in [-0.39, 0.29) is 11.3 Å². The Morgan fingerprint density at radius 1 is 1.47 bits per heavy atom. The molecule has 3 aromatic heterocycles. The Bertz CT molecular complexity index is 811. The minimum atomic E-state index is -0.143. The van der Waals surface area contributed by atoms with E-state index in [9.17, 15) is 4.79 Å². The molecule has 3 aromatic rings. The molecule has 0 saturated carbocycles. The Morgan fingerprint density at radius 2 is 2.37 bits per heavy atom. The molecule has 7 heteroatoms. The van der Waals surface area contributed by atoms with Crippen LogP contribution in [0.5, 0.6) is 0 Å². The molecule has 0 bridgehead atoms. The zero-order valence-electron chi connectivity index (χ0n) is 9.54. The summed E-state index contributed by atoms with van der Waals surface area (Å²) < 4.78 is 0. The zero-order chi connectivity index (χ0) is 13.2. The highest BCUT2D eigenvalue weighted by Gasteiger charge is 2.13. The summed E-state index contributed by atoms with van der Waals surface area (Å²) in [7, 11) is 0. The lowest BCUT2D eigenvalue weighted by molar-refractivity contribution is 0.983. The fraction of sp³-hybridized carbons (Fsp3) is 0.0833. The predicted octanol–water partition coefficient (Wildman–Crippen LogP) is 3.33. The number of hydrogen-bond acceptors (Lipinski definition) is 6. The predicted molar refractivity (Wildman–Crippen MR) is 79.9 cm³/mol. The van der Waals surface area contributed by atoms with Crippen LogP contribution < -0.4 is 5.56 Å². The molecule has 19 heavy (non-hydrogen) atoms. The van der Waals surface area contributed by atoms with Crippen molar-refractivity contribution < 1.29 is 0 Å². The van der Waals surface area contributed by atoms with E-state index in [2.05, 4.69) is 9.97 Å². The first-order valence-corrected chi connectivity index (χ1v) is 8.09. The van der Waals surface area contributed by atoms with E-state index in [0.29, 0.717) is 15.4 Å². The second-order valence-electron chi connectivity index (χ2n) is 3.62. The van der Waals surface area contributed by atoms with Gasteiger partial charge in [-0.15, -0.1) is 22.7 Å². The van der Waals surface area contributed by atoms with Gasteiger partial charge in [0, 0.05) is 15.8 Å². The molecule has 0 radical (unpaired) electrons. The van der Waals surface area contributed by atoms with Gasteiger partial charge in [-0.2, -0.15) is 5.26 Å². The normalized spacial score (nSPS) is 10.7. The van der Waals surface area contributed by atoms with E-state index in [4.69, 9.17) is 5.26 Å². The number of fused-ring (bicyclic) bond motifs is 1. The van der Waals surface area contributed by atoms with Crippen LogP contribution in [0.15, 0.2) is 32.8 Å². The fourth-order valence-electron chi connectivity index (χ4n) is 1.71. The minimum Gasteiger partial charge on any atom is -0.301 e. The summed E-state index contributed by atoms with van der Waals surface area (Å²) in [6.45, 7) is 0. The molecule has 0 aliphatic rings. The van der Waals surface area contributed by atoms with Crippen LogP contribution in [0.25, 0.3) is 20.7 Å². The summed E-state index contributed by atoms with van der Waals surface area (Å²) in [6.07, 6.45) is 0. The van der Waals surface area contributed by atoms with Gasteiger partial charge in [0.15, 0.2) is 5.16 Å². The van der Waals surface area contributed by atoms with Gasteiger partial charge in [0.2, 0.25) is 0 Å². The molecule has 94 valence electrons. The summed E-state index contributed by atoms with van der Waals surface area (Å²) in [5.74, 6) is 0.275. The molecule has 3 rings (SSSR count). The van der Waals surface area contributed by atoms with Gasteiger partial charge in [0.05, 0.1) is 17.2 Å². The van der Waals surface area contributed by atoms with Gasteiger partial charge < -0.3 is 4.98 Å². The second-order valence-corrected chi connectivity index (χ2v) is 6.39. The Hall–Kier alpha value is -1.62. The fourth-order valence-corrected chi connectivity index (χ4v) is 4.05. The molecule has 0 aliphatic heterocycles. The van der Waals surface area contributed by atoms with Crippen LogP contribution in [0.1, 0.15) is 0 Å². The van der Waals surface area contributed by atoms with Crippen molar-refractivity contribution >= 4 is 44.7 Å². The lowest BCUT2D eigenvalue weighted by Gasteiger charge is -1.98. The third-order valence-corrected chi connectivity index (χ3v) is 5.00. The van der Waals surface area contributed by atoms with Crippen molar-refractivity contribution in [3.8, 4) is 16.5 Å². The number of aromatic amines is 1. The number of rotatable bonds is 3. The molecular formula is C12H7N3OS3. The van der Waals surface area contributed by atoms with Crippen molar-refractivity contribution in [1.29, 1.82) is 5.26 Å². The van der Waals surface area contributed by atoms with Gasteiger partial charge in [0.25, 0.3) is 5.56 Å². The second kappa shape index (κ2) is 5.17. The average molecular weight is 305 g/mol. The van der Waals surface area contributed by atoms with E-state index in [1.807, 2.05) is 29.0 Å². The first-order chi connectivity index (χ1) is 9.29. The van der Waals surface area contributed by atoms with Crippen molar-refractivity contribution in [1.82, 2.24) is 9.97 Å². The van der Waals surface area contributed by atoms with Gasteiger partial charge >= 0.3 is 0 Å². The van der Waals surface area contributed by atoms with Crippen LogP contribution in [0.3, 0.4) is 0 Å². The van der Waals surface area contributed by atoms with E-state index < -0.39 is 0 Å². The molecule has 4 nitrogen and oxygen atoms in total. The van der Waals surface area contributed by atoms with Crippen molar-refractivity contribution in [2.24, 2.45) is 0 Å². The van der Waals surface area contributed by atoms with Gasteiger partial charge in [-0.25, -0.2) is 4.98 Å². The number of nitrogens with one attached hydrogen (secondary N) is 1. The Kier molecular flexibility index (Phi) is 3.38. The topological polar surface area (TPSA) is 69.5 Å². The summed E-state index contributed by atoms with van der Waals surface area (Å²) in [5, 5.41) is 13.6. The summed E-state index contributed by atoms with van der Waals surface area (Å²) in [5.41, 5.74) is 0.788. The molecule has 1 N–H and O–H groups in total. The van der Waals surface area contributed by atoms with E-state index in [1.54, 1.807) is 11.3 Å². The van der Waals surface area contributed by atoms with Crippen LogP contribution in [0, 0.1) is 11.3 Å². The molecule has 0 fully saturated rings. The number of nitrogens with zero attached hydrogens (tertiary/aromatic N) is 2. The molecule has 0 amide bonds. The van der Waals surface area contributed by atoms with Gasteiger partial charge in [-0.3, -0.25) is 4.79 Å². The van der Waals surface area contributed by atoms with E-state index in [0.717, 1.165) is 10.4 Å². The van der Waals surface area contributed by atoms with Gasteiger partial charge in [0.1, 0.15) is 4.83 Å². The smallest absolute Gasteiger partial charge is 0.260 e. The van der Waals surface area contributed by atoms with Crippen molar-refractivity contribution in [3.05, 3.63) is 33.2 Å². The molecule has 0 saturated heterocycles. The van der Waals surface area contributed by atoms with Crippen molar-refractivity contribution in [2.75, 3.05) is 5.75 Å². The standard InChI is InChI=1S/C12H7N3OS3/c13-3-5-18-12-14-10(16)9-7(6-19-11(9)15-12)8-2-1-4-17-8/h1-2,4,6H,5H2,(H,14,15,16). The quantitative estimate of drug-likeness (QED) is 0.595.